The Balaban J connectivity index is 0.000000810. The van der Waals surface area contributed by atoms with Crippen molar-refractivity contribution in [3.8, 4) is 0 Å². The molecule has 1 aromatic carbocycles. The van der Waals surface area contributed by atoms with E-state index in [1.807, 2.05) is 0 Å². The van der Waals surface area contributed by atoms with Gasteiger partial charge in [-0.3, -0.25) is 0 Å². The summed E-state index contributed by atoms with van der Waals surface area (Å²) in [7, 11) is 0.987. The maximum Gasteiger partial charge on any atom is -0.0272 e. The van der Waals surface area contributed by atoms with Gasteiger partial charge in [0.25, 0.3) is 0 Å². The van der Waals surface area contributed by atoms with Gasteiger partial charge in [-0.15, -0.1) is 24.0 Å². The first-order chi connectivity index (χ1) is 4.43. The Kier molecular flexibility index (Phi) is 6.35. The molecule has 2 heteroatoms. The van der Waals surface area contributed by atoms with Gasteiger partial charge in [0.15, 0.2) is 0 Å². The third kappa shape index (κ3) is 3.52. The van der Waals surface area contributed by atoms with Crippen LogP contribution in [-0.4, -0.2) is 6.16 Å². The zero-order chi connectivity index (χ0) is 6.53. The summed E-state index contributed by atoms with van der Waals surface area (Å²) in [4.78, 5) is 0. The summed E-state index contributed by atoms with van der Waals surface area (Å²) in [6, 6.07) is 10.6. The molecule has 0 radical (unpaired) electrons. The quantitative estimate of drug-likeness (QED) is 0.570. The van der Waals surface area contributed by atoms with Gasteiger partial charge in [-0.2, -0.15) is 0 Å². The number of rotatable bonds is 2. The molecule has 1 atom stereocenters. The van der Waals surface area contributed by atoms with E-state index in [1.54, 1.807) is 0 Å². The van der Waals surface area contributed by atoms with Crippen LogP contribution in [-0.2, 0) is 0 Å². The molecule has 10 heavy (non-hydrogen) atoms. The van der Waals surface area contributed by atoms with E-state index >= 15 is 0 Å². The van der Waals surface area contributed by atoms with Crippen molar-refractivity contribution in [3.05, 3.63) is 30.3 Å². The van der Waals surface area contributed by atoms with Crippen molar-refractivity contribution in [3.63, 3.8) is 0 Å². The Bertz CT molecular complexity index is 162. The molecule has 0 bridgehead atoms. The molecule has 0 fully saturated rings. The minimum atomic E-state index is 0. The van der Waals surface area contributed by atoms with Crippen LogP contribution in [0.1, 0.15) is 6.92 Å². The van der Waals surface area contributed by atoms with Crippen molar-refractivity contribution in [1.29, 1.82) is 0 Å². The Labute approximate surface area is 81.2 Å². The molecule has 0 aliphatic rings. The van der Waals surface area contributed by atoms with Crippen LogP contribution in [0, 0.1) is 0 Å². The van der Waals surface area contributed by atoms with Crippen LogP contribution < -0.4 is 5.30 Å². The van der Waals surface area contributed by atoms with Crippen LogP contribution in [0.25, 0.3) is 0 Å². The molecular weight excluding hydrogens is 254 g/mol. The predicted octanol–water partition coefficient (Wildman–Crippen LogP) is 2.63. The predicted molar refractivity (Wildman–Crippen MR) is 60.3 cm³/mol. The molecule has 0 saturated heterocycles. The molecule has 1 rings (SSSR count). The van der Waals surface area contributed by atoms with E-state index in [1.165, 1.54) is 11.5 Å². The van der Waals surface area contributed by atoms with Crippen molar-refractivity contribution in [2.24, 2.45) is 0 Å². The van der Waals surface area contributed by atoms with Crippen molar-refractivity contribution in [2.75, 3.05) is 6.16 Å². The lowest BCUT2D eigenvalue weighted by Gasteiger charge is -1.94. The van der Waals surface area contributed by atoms with Crippen molar-refractivity contribution < 1.29 is 0 Å². The molecule has 0 amide bonds. The molecule has 0 heterocycles. The fourth-order valence-corrected chi connectivity index (χ4v) is 1.60. The smallest absolute Gasteiger partial charge is 0.0272 e. The Hall–Kier alpha value is 0.380. The number of hydrogen-bond acceptors (Lipinski definition) is 0. The molecule has 0 N–H and O–H groups in total. The summed E-state index contributed by atoms with van der Waals surface area (Å²) in [5.74, 6) is 0. The molecule has 56 valence electrons. The zero-order valence-electron chi connectivity index (χ0n) is 6.00. The summed E-state index contributed by atoms with van der Waals surface area (Å²) >= 11 is 0. The zero-order valence-corrected chi connectivity index (χ0v) is 9.33. The highest BCUT2D eigenvalue weighted by atomic mass is 127. The van der Waals surface area contributed by atoms with Gasteiger partial charge in [-0.1, -0.05) is 45.8 Å². The number of halogens is 1. The molecular formula is C8H12IP. The molecule has 1 aromatic rings. The highest BCUT2D eigenvalue weighted by Gasteiger charge is 1.84. The normalized spacial score (nSPS) is 9.70. The van der Waals surface area contributed by atoms with Crippen LogP contribution in [0.4, 0.5) is 0 Å². The van der Waals surface area contributed by atoms with Crippen molar-refractivity contribution >= 4 is 37.9 Å². The van der Waals surface area contributed by atoms with Crippen LogP contribution in [0.3, 0.4) is 0 Å². The van der Waals surface area contributed by atoms with E-state index < -0.39 is 0 Å². The van der Waals surface area contributed by atoms with Gasteiger partial charge >= 0.3 is 0 Å². The summed E-state index contributed by atoms with van der Waals surface area (Å²) in [6.45, 7) is 2.21. The largest absolute Gasteiger partial charge is 0.107 e. The lowest BCUT2D eigenvalue weighted by molar-refractivity contribution is 1.52. The topological polar surface area (TPSA) is 0 Å². The maximum absolute atomic E-state index is 2.21. The first-order valence-corrected chi connectivity index (χ1v) is 4.43. The van der Waals surface area contributed by atoms with Crippen LogP contribution >= 0.6 is 32.6 Å². The average Bonchev–Trinajstić information content (AvgIpc) is 1.91. The summed E-state index contributed by atoms with van der Waals surface area (Å²) < 4.78 is 0. The first-order valence-electron chi connectivity index (χ1n) is 3.22. The minimum absolute atomic E-state index is 0. The molecule has 0 saturated carbocycles. The van der Waals surface area contributed by atoms with Gasteiger partial charge in [-0.05, 0) is 11.5 Å². The van der Waals surface area contributed by atoms with E-state index in [9.17, 15) is 0 Å². The lowest BCUT2D eigenvalue weighted by Crippen LogP contribution is -1.90. The van der Waals surface area contributed by atoms with Crippen LogP contribution in [0.15, 0.2) is 30.3 Å². The highest BCUT2D eigenvalue weighted by Crippen LogP contribution is 2.06. The van der Waals surface area contributed by atoms with E-state index in [2.05, 4.69) is 37.3 Å². The van der Waals surface area contributed by atoms with E-state index in [0.29, 0.717) is 0 Å². The van der Waals surface area contributed by atoms with Crippen LogP contribution in [0.5, 0.6) is 0 Å². The SMILES string of the molecule is CCPc1ccccc1.I. The van der Waals surface area contributed by atoms with E-state index in [4.69, 9.17) is 0 Å². The van der Waals surface area contributed by atoms with E-state index in [-0.39, 0.29) is 24.0 Å². The Morgan fingerprint density at radius 1 is 1.20 bits per heavy atom. The molecule has 0 nitrogen and oxygen atoms in total. The maximum atomic E-state index is 2.21. The van der Waals surface area contributed by atoms with Crippen molar-refractivity contribution in [1.82, 2.24) is 0 Å². The van der Waals surface area contributed by atoms with Crippen molar-refractivity contribution in [2.45, 2.75) is 6.92 Å². The fourth-order valence-electron chi connectivity index (χ4n) is 0.760. The molecule has 0 aliphatic heterocycles. The second kappa shape index (κ2) is 6.11. The summed E-state index contributed by atoms with van der Waals surface area (Å²) in [5, 5.41) is 1.47. The lowest BCUT2D eigenvalue weighted by atomic mass is 10.4. The fraction of sp³-hybridized carbons (Fsp3) is 0.250. The monoisotopic (exact) mass is 266 g/mol. The molecule has 0 aliphatic carbocycles. The van der Waals surface area contributed by atoms with Gasteiger partial charge in [0.2, 0.25) is 0 Å². The number of benzene rings is 1. The third-order valence-electron chi connectivity index (χ3n) is 1.15. The summed E-state index contributed by atoms with van der Waals surface area (Å²) in [6.07, 6.45) is 1.27. The van der Waals surface area contributed by atoms with Crippen LogP contribution in [0.2, 0.25) is 0 Å². The standard InChI is InChI=1S/C8H11P.HI/c1-2-9-8-6-4-3-5-7-8;/h3-7,9H,2H2,1H3;1H. The van der Waals surface area contributed by atoms with Gasteiger partial charge in [-0.25, -0.2) is 0 Å². The summed E-state index contributed by atoms with van der Waals surface area (Å²) in [5.41, 5.74) is 0. The molecule has 0 spiro atoms. The second-order valence-electron chi connectivity index (χ2n) is 1.90. The average molecular weight is 266 g/mol. The van der Waals surface area contributed by atoms with Gasteiger partial charge < -0.3 is 0 Å². The Morgan fingerprint density at radius 2 is 1.80 bits per heavy atom. The van der Waals surface area contributed by atoms with Gasteiger partial charge in [0.05, 0.1) is 0 Å². The first kappa shape index (κ1) is 10.4. The highest BCUT2D eigenvalue weighted by molar-refractivity contribution is 14.0. The van der Waals surface area contributed by atoms with Gasteiger partial charge in [0.1, 0.15) is 0 Å². The second-order valence-corrected chi connectivity index (χ2v) is 3.53. The third-order valence-corrected chi connectivity index (χ3v) is 2.25. The molecule has 1 unspecified atom stereocenters. The minimum Gasteiger partial charge on any atom is -0.107 e. The number of hydrogen-bond donors (Lipinski definition) is 0. The Morgan fingerprint density at radius 3 is 2.30 bits per heavy atom. The molecule has 0 aromatic heterocycles. The van der Waals surface area contributed by atoms with E-state index in [0.717, 1.165) is 8.58 Å². The van der Waals surface area contributed by atoms with Gasteiger partial charge in [0, 0.05) is 0 Å².